The molecule has 0 bridgehead atoms. The van der Waals surface area contributed by atoms with Crippen molar-refractivity contribution in [2.24, 2.45) is 7.05 Å². The van der Waals surface area contributed by atoms with E-state index < -0.39 is 0 Å². The van der Waals surface area contributed by atoms with Gasteiger partial charge in [0.05, 0.1) is 17.6 Å². The van der Waals surface area contributed by atoms with Crippen molar-refractivity contribution in [1.29, 1.82) is 0 Å². The molecule has 0 atom stereocenters. The topological polar surface area (TPSA) is 33.1 Å². The first-order chi connectivity index (χ1) is 8.65. The van der Waals surface area contributed by atoms with Crippen molar-refractivity contribution in [2.75, 3.05) is 30.4 Å². The van der Waals surface area contributed by atoms with Crippen molar-refractivity contribution in [3.8, 4) is 11.1 Å². The van der Waals surface area contributed by atoms with Crippen LogP contribution in [0.4, 0.5) is 15.8 Å². The summed E-state index contributed by atoms with van der Waals surface area (Å²) >= 11 is 0. The predicted molar refractivity (Wildman–Crippen MR) is 70.4 cm³/mol. The fraction of sp³-hybridized carbons (Fsp3) is 0.308. The number of likely N-dealkylation sites (N-methyl/N-ethyl adjacent to an activating group) is 1. The van der Waals surface area contributed by atoms with Gasteiger partial charge in [-0.15, -0.1) is 0 Å². The van der Waals surface area contributed by atoms with Gasteiger partial charge in [0, 0.05) is 44.5 Å². The van der Waals surface area contributed by atoms with Gasteiger partial charge in [-0.05, 0) is 12.1 Å². The van der Waals surface area contributed by atoms with Gasteiger partial charge in [-0.2, -0.15) is 5.10 Å². The lowest BCUT2D eigenvalue weighted by Gasteiger charge is -2.29. The minimum Gasteiger partial charge on any atom is -0.382 e. The number of halogens is 1. The fourth-order valence-corrected chi connectivity index (χ4v) is 2.28. The number of fused-ring (bicyclic) bond motifs is 1. The van der Waals surface area contributed by atoms with Gasteiger partial charge < -0.3 is 10.2 Å². The summed E-state index contributed by atoms with van der Waals surface area (Å²) in [4.78, 5) is 2.13. The van der Waals surface area contributed by atoms with Gasteiger partial charge in [0.15, 0.2) is 0 Å². The lowest BCUT2D eigenvalue weighted by atomic mass is 10.1. The molecule has 0 unspecified atom stereocenters. The smallest absolute Gasteiger partial charge is 0.133 e. The van der Waals surface area contributed by atoms with E-state index in [1.54, 1.807) is 16.9 Å². The number of hydrogen-bond donors (Lipinski definition) is 1. The molecular formula is C13H15FN4. The number of rotatable bonds is 1. The van der Waals surface area contributed by atoms with Gasteiger partial charge in [0.1, 0.15) is 5.82 Å². The van der Waals surface area contributed by atoms with Crippen molar-refractivity contribution in [3.63, 3.8) is 0 Å². The quantitative estimate of drug-likeness (QED) is 0.836. The number of nitrogens with zero attached hydrogens (tertiary/aromatic N) is 3. The maximum atomic E-state index is 14.1. The second-order valence-electron chi connectivity index (χ2n) is 4.60. The minimum absolute atomic E-state index is 0.218. The first kappa shape index (κ1) is 11.1. The van der Waals surface area contributed by atoms with Crippen LogP contribution >= 0.6 is 0 Å². The van der Waals surface area contributed by atoms with E-state index in [9.17, 15) is 4.39 Å². The Morgan fingerprint density at radius 2 is 2.17 bits per heavy atom. The zero-order valence-electron chi connectivity index (χ0n) is 10.4. The summed E-state index contributed by atoms with van der Waals surface area (Å²) < 4.78 is 15.8. The van der Waals surface area contributed by atoms with Gasteiger partial charge in [-0.1, -0.05) is 0 Å². The van der Waals surface area contributed by atoms with E-state index in [0.717, 1.165) is 30.0 Å². The second-order valence-corrected chi connectivity index (χ2v) is 4.60. The summed E-state index contributed by atoms with van der Waals surface area (Å²) in [6.07, 6.45) is 3.50. The van der Waals surface area contributed by atoms with Gasteiger partial charge in [-0.25, -0.2) is 4.39 Å². The standard InChI is InChI=1S/C13H15FN4/c1-17-4-3-15-12-6-11(14)10(5-13(12)17)9-7-16-18(2)8-9/h5-8,15H,3-4H2,1-2H3. The number of anilines is 2. The van der Waals surface area contributed by atoms with E-state index in [0.29, 0.717) is 5.56 Å². The van der Waals surface area contributed by atoms with E-state index in [1.165, 1.54) is 0 Å². The van der Waals surface area contributed by atoms with Crippen LogP contribution in [0.15, 0.2) is 24.5 Å². The van der Waals surface area contributed by atoms with Crippen molar-refractivity contribution in [3.05, 3.63) is 30.3 Å². The maximum absolute atomic E-state index is 14.1. The third-order valence-electron chi connectivity index (χ3n) is 3.28. The van der Waals surface area contributed by atoms with Crippen molar-refractivity contribution >= 4 is 11.4 Å². The molecule has 0 amide bonds. The molecule has 1 N–H and O–H groups in total. The van der Waals surface area contributed by atoms with E-state index in [2.05, 4.69) is 15.3 Å². The molecule has 1 aromatic carbocycles. The van der Waals surface area contributed by atoms with Gasteiger partial charge in [0.25, 0.3) is 0 Å². The number of hydrogen-bond acceptors (Lipinski definition) is 3. The van der Waals surface area contributed by atoms with E-state index in [1.807, 2.05) is 26.4 Å². The third-order valence-corrected chi connectivity index (χ3v) is 3.28. The Hall–Kier alpha value is -2.04. The van der Waals surface area contributed by atoms with Gasteiger partial charge in [0.2, 0.25) is 0 Å². The van der Waals surface area contributed by atoms with Crippen LogP contribution in [0.1, 0.15) is 0 Å². The fourth-order valence-electron chi connectivity index (χ4n) is 2.28. The zero-order valence-corrected chi connectivity index (χ0v) is 10.4. The van der Waals surface area contributed by atoms with Gasteiger partial charge >= 0.3 is 0 Å². The third kappa shape index (κ3) is 1.72. The Morgan fingerprint density at radius 3 is 2.89 bits per heavy atom. The largest absolute Gasteiger partial charge is 0.382 e. The average Bonchev–Trinajstić information content (AvgIpc) is 2.75. The molecule has 5 heteroatoms. The average molecular weight is 246 g/mol. The second kappa shape index (κ2) is 4.01. The lowest BCUT2D eigenvalue weighted by molar-refractivity contribution is 0.631. The molecule has 94 valence electrons. The summed E-state index contributed by atoms with van der Waals surface area (Å²) in [5, 5.41) is 7.30. The first-order valence-corrected chi connectivity index (χ1v) is 5.93. The predicted octanol–water partition coefficient (Wildman–Crippen LogP) is 2.09. The molecule has 2 aromatic rings. The molecule has 0 saturated carbocycles. The van der Waals surface area contributed by atoms with E-state index in [4.69, 9.17) is 0 Å². The summed E-state index contributed by atoms with van der Waals surface area (Å²) in [5.41, 5.74) is 3.28. The molecule has 0 aliphatic carbocycles. The lowest BCUT2D eigenvalue weighted by Crippen LogP contribution is -2.30. The van der Waals surface area contributed by atoms with Crippen molar-refractivity contribution in [2.45, 2.75) is 0 Å². The Morgan fingerprint density at radius 1 is 1.33 bits per heavy atom. The van der Waals surface area contributed by atoms with Crippen LogP contribution in [0.2, 0.25) is 0 Å². The Bertz CT molecular complexity index is 591. The molecule has 0 radical (unpaired) electrons. The minimum atomic E-state index is -0.218. The molecule has 18 heavy (non-hydrogen) atoms. The highest BCUT2D eigenvalue weighted by atomic mass is 19.1. The van der Waals surface area contributed by atoms with Gasteiger partial charge in [-0.3, -0.25) is 4.68 Å². The summed E-state index contributed by atoms with van der Waals surface area (Å²) in [7, 11) is 3.85. The molecule has 0 fully saturated rings. The van der Waals surface area contributed by atoms with Crippen LogP contribution in [-0.4, -0.2) is 29.9 Å². The molecular weight excluding hydrogens is 231 g/mol. The van der Waals surface area contributed by atoms with Crippen molar-refractivity contribution in [1.82, 2.24) is 9.78 Å². The van der Waals surface area contributed by atoms with Crippen LogP contribution in [0, 0.1) is 5.82 Å². The Balaban J connectivity index is 2.13. The molecule has 0 saturated heterocycles. The Kier molecular flexibility index (Phi) is 2.47. The van der Waals surface area contributed by atoms with Crippen LogP contribution in [0.25, 0.3) is 11.1 Å². The number of benzene rings is 1. The van der Waals surface area contributed by atoms with Crippen molar-refractivity contribution < 1.29 is 4.39 Å². The summed E-state index contributed by atoms with van der Waals surface area (Å²) in [6, 6.07) is 3.45. The van der Waals surface area contributed by atoms with E-state index in [-0.39, 0.29) is 5.82 Å². The molecule has 1 aromatic heterocycles. The normalized spacial score (nSPS) is 14.3. The zero-order chi connectivity index (χ0) is 12.7. The van der Waals surface area contributed by atoms with Crippen LogP contribution < -0.4 is 10.2 Å². The molecule has 2 heterocycles. The van der Waals surface area contributed by atoms with Crippen LogP contribution in [0.3, 0.4) is 0 Å². The molecule has 4 nitrogen and oxygen atoms in total. The SMILES string of the molecule is CN1CCNc2cc(F)c(-c3cnn(C)c3)cc21. The monoisotopic (exact) mass is 246 g/mol. The maximum Gasteiger partial charge on any atom is 0.133 e. The number of aryl methyl sites for hydroxylation is 1. The van der Waals surface area contributed by atoms with Crippen LogP contribution in [0.5, 0.6) is 0 Å². The highest BCUT2D eigenvalue weighted by Crippen LogP contribution is 2.35. The number of nitrogens with one attached hydrogen (secondary N) is 1. The number of aromatic nitrogens is 2. The first-order valence-electron chi connectivity index (χ1n) is 5.93. The molecule has 1 aliphatic rings. The summed E-state index contributed by atoms with van der Waals surface area (Å²) in [5.74, 6) is -0.218. The highest BCUT2D eigenvalue weighted by Gasteiger charge is 2.17. The molecule has 1 aliphatic heterocycles. The highest BCUT2D eigenvalue weighted by molar-refractivity contribution is 5.79. The molecule has 3 rings (SSSR count). The van der Waals surface area contributed by atoms with Crippen LogP contribution in [-0.2, 0) is 7.05 Å². The molecule has 0 spiro atoms. The van der Waals surface area contributed by atoms with E-state index >= 15 is 0 Å². The summed E-state index contributed by atoms with van der Waals surface area (Å²) in [6.45, 7) is 1.76. The Labute approximate surface area is 105 Å².